The number of aliphatic hydroxyl groups excluding tert-OH is 1. The Morgan fingerprint density at radius 2 is 2.05 bits per heavy atom. The largest absolute Gasteiger partial charge is 0.396 e. The van der Waals surface area contributed by atoms with Crippen LogP contribution in [-0.4, -0.2) is 67.6 Å². The summed E-state index contributed by atoms with van der Waals surface area (Å²) in [7, 11) is -0.570. The fourth-order valence-electron chi connectivity index (χ4n) is 2.80. The number of amides is 1. The van der Waals surface area contributed by atoms with Gasteiger partial charge in [-0.2, -0.15) is 4.31 Å². The van der Waals surface area contributed by atoms with Crippen LogP contribution in [0.4, 0.5) is 0 Å². The van der Waals surface area contributed by atoms with Crippen molar-refractivity contribution in [3.63, 3.8) is 0 Å². The highest BCUT2D eigenvalue weighted by molar-refractivity contribution is 7.89. The van der Waals surface area contributed by atoms with Crippen molar-refractivity contribution in [1.82, 2.24) is 14.4 Å². The summed E-state index contributed by atoms with van der Waals surface area (Å²) in [6.45, 7) is 3.01. The molecule has 124 valence electrons. The van der Waals surface area contributed by atoms with Gasteiger partial charge < -0.3 is 14.5 Å². The summed E-state index contributed by atoms with van der Waals surface area (Å²) < 4.78 is 31.7. The molecule has 0 bridgehead atoms. The highest BCUT2D eigenvalue weighted by Gasteiger charge is 2.44. The molecule has 0 aromatic carbocycles. The summed E-state index contributed by atoms with van der Waals surface area (Å²) in [6, 6.07) is 0. The van der Waals surface area contributed by atoms with Crippen LogP contribution in [0.5, 0.6) is 0 Å². The molecule has 2 heterocycles. The van der Waals surface area contributed by atoms with Gasteiger partial charge in [-0.3, -0.25) is 4.79 Å². The summed E-state index contributed by atoms with van der Waals surface area (Å²) in [4.78, 5) is 13.6. The lowest BCUT2D eigenvalue weighted by Gasteiger charge is -2.19. The quantitative estimate of drug-likeness (QED) is 0.806. The SMILES string of the molecule is Cc1noc(C)c1S(=O)(=O)N1C[C@@H](CO)[C@H](C(=O)N(C)C)C1. The monoisotopic (exact) mass is 331 g/mol. The minimum Gasteiger partial charge on any atom is -0.396 e. The standard InChI is InChI=1S/C13H21N3O5S/c1-8-12(9(2)21-14-8)22(19,20)16-5-10(7-17)11(6-16)13(18)15(3)4/h10-11,17H,5-7H2,1-4H3/t10-,11+/m0/s1. The van der Waals surface area contributed by atoms with Gasteiger partial charge in [-0.25, -0.2) is 8.42 Å². The summed E-state index contributed by atoms with van der Waals surface area (Å²) in [5, 5.41) is 13.1. The molecule has 1 fully saturated rings. The smallest absolute Gasteiger partial charge is 0.248 e. The van der Waals surface area contributed by atoms with Gasteiger partial charge >= 0.3 is 0 Å². The number of hydrogen-bond donors (Lipinski definition) is 1. The molecule has 0 spiro atoms. The van der Waals surface area contributed by atoms with E-state index in [0.717, 1.165) is 0 Å². The van der Waals surface area contributed by atoms with Crippen LogP contribution < -0.4 is 0 Å². The molecule has 1 aromatic rings. The van der Waals surface area contributed by atoms with Gasteiger partial charge in [-0.05, 0) is 13.8 Å². The van der Waals surface area contributed by atoms with Gasteiger partial charge in [0.25, 0.3) is 0 Å². The first-order chi connectivity index (χ1) is 10.2. The molecule has 2 rings (SSSR count). The molecule has 1 saturated heterocycles. The Bertz CT molecular complexity index is 648. The van der Waals surface area contributed by atoms with E-state index in [1.54, 1.807) is 21.0 Å². The van der Waals surface area contributed by atoms with Crippen molar-refractivity contribution in [3.8, 4) is 0 Å². The second-order valence-electron chi connectivity index (χ2n) is 5.76. The molecule has 1 N–H and O–H groups in total. The average Bonchev–Trinajstić information content (AvgIpc) is 3.02. The normalized spacial score (nSPS) is 23.0. The lowest BCUT2D eigenvalue weighted by Crippen LogP contribution is -2.35. The molecule has 0 unspecified atom stereocenters. The van der Waals surface area contributed by atoms with Crippen LogP contribution in [0.15, 0.2) is 9.42 Å². The predicted octanol–water partition coefficient (Wildman–Crippen LogP) is -0.391. The van der Waals surface area contributed by atoms with Gasteiger partial charge in [0.05, 0.1) is 5.92 Å². The minimum atomic E-state index is -3.80. The van der Waals surface area contributed by atoms with E-state index in [-0.39, 0.29) is 36.3 Å². The van der Waals surface area contributed by atoms with Crippen LogP contribution in [-0.2, 0) is 14.8 Å². The average molecular weight is 331 g/mol. The van der Waals surface area contributed by atoms with Gasteiger partial charge in [0.15, 0.2) is 5.76 Å². The van der Waals surface area contributed by atoms with Gasteiger partial charge in [-0.15, -0.1) is 0 Å². The Balaban J connectivity index is 2.33. The zero-order chi connectivity index (χ0) is 16.7. The lowest BCUT2D eigenvalue weighted by molar-refractivity contribution is -0.134. The Labute approximate surface area is 129 Å². The third-order valence-corrected chi connectivity index (χ3v) is 6.04. The van der Waals surface area contributed by atoms with Gasteiger partial charge in [0, 0.05) is 39.7 Å². The first-order valence-electron chi connectivity index (χ1n) is 6.95. The maximum atomic E-state index is 12.8. The molecule has 1 aliphatic rings. The first-order valence-corrected chi connectivity index (χ1v) is 8.39. The number of aromatic nitrogens is 1. The van der Waals surface area contributed by atoms with E-state index in [4.69, 9.17) is 4.52 Å². The molecule has 2 atom stereocenters. The van der Waals surface area contributed by atoms with E-state index in [9.17, 15) is 18.3 Å². The van der Waals surface area contributed by atoms with Crippen molar-refractivity contribution in [1.29, 1.82) is 0 Å². The van der Waals surface area contributed by atoms with Crippen molar-refractivity contribution in [3.05, 3.63) is 11.5 Å². The summed E-state index contributed by atoms with van der Waals surface area (Å²) in [5.41, 5.74) is 0.292. The third-order valence-electron chi connectivity index (χ3n) is 3.97. The number of aliphatic hydroxyl groups is 1. The van der Waals surface area contributed by atoms with Crippen molar-refractivity contribution < 1.29 is 22.8 Å². The summed E-state index contributed by atoms with van der Waals surface area (Å²) in [5.74, 6) is -0.920. The molecular weight excluding hydrogens is 310 g/mol. The van der Waals surface area contributed by atoms with Crippen molar-refractivity contribution in [2.75, 3.05) is 33.8 Å². The van der Waals surface area contributed by atoms with Crippen molar-refractivity contribution in [2.24, 2.45) is 11.8 Å². The summed E-state index contributed by atoms with van der Waals surface area (Å²) >= 11 is 0. The van der Waals surface area contributed by atoms with E-state index in [0.29, 0.717) is 5.69 Å². The summed E-state index contributed by atoms with van der Waals surface area (Å²) in [6.07, 6.45) is 0. The van der Waals surface area contributed by atoms with E-state index in [1.165, 1.54) is 16.1 Å². The van der Waals surface area contributed by atoms with E-state index in [1.807, 2.05) is 0 Å². The molecule has 22 heavy (non-hydrogen) atoms. The molecule has 0 aliphatic carbocycles. The number of sulfonamides is 1. The van der Waals surface area contributed by atoms with Gasteiger partial charge in [0.2, 0.25) is 15.9 Å². The lowest BCUT2D eigenvalue weighted by atomic mass is 9.96. The Morgan fingerprint density at radius 3 is 2.50 bits per heavy atom. The Hall–Kier alpha value is -1.45. The van der Waals surface area contributed by atoms with E-state index < -0.39 is 21.9 Å². The number of carbonyl (C=O) groups is 1. The molecule has 8 nitrogen and oxygen atoms in total. The topological polar surface area (TPSA) is 104 Å². The maximum Gasteiger partial charge on any atom is 0.248 e. The molecule has 0 saturated carbocycles. The molecular formula is C13H21N3O5S. The van der Waals surface area contributed by atoms with Crippen LogP contribution in [0.2, 0.25) is 0 Å². The second kappa shape index (κ2) is 5.98. The second-order valence-corrected chi connectivity index (χ2v) is 7.63. The maximum absolute atomic E-state index is 12.8. The Kier molecular flexibility index (Phi) is 4.59. The van der Waals surface area contributed by atoms with Crippen LogP contribution in [0.3, 0.4) is 0 Å². The fourth-order valence-corrected chi connectivity index (χ4v) is 4.61. The number of aryl methyl sites for hydroxylation is 2. The Morgan fingerprint density at radius 1 is 1.41 bits per heavy atom. The number of nitrogens with zero attached hydrogens (tertiary/aromatic N) is 3. The van der Waals surface area contributed by atoms with Crippen molar-refractivity contribution >= 4 is 15.9 Å². The van der Waals surface area contributed by atoms with Gasteiger partial charge in [-0.1, -0.05) is 5.16 Å². The predicted molar refractivity (Wildman–Crippen MR) is 77.5 cm³/mol. The van der Waals surface area contributed by atoms with Crippen LogP contribution >= 0.6 is 0 Å². The number of rotatable bonds is 4. The van der Waals surface area contributed by atoms with Crippen molar-refractivity contribution in [2.45, 2.75) is 18.7 Å². The van der Waals surface area contributed by atoms with Crippen LogP contribution in [0.1, 0.15) is 11.5 Å². The molecule has 1 aliphatic heterocycles. The van der Waals surface area contributed by atoms with Crippen LogP contribution in [0.25, 0.3) is 0 Å². The first kappa shape index (κ1) is 16.9. The highest BCUT2D eigenvalue weighted by Crippen LogP contribution is 2.31. The molecule has 1 amide bonds. The fraction of sp³-hybridized carbons (Fsp3) is 0.692. The highest BCUT2D eigenvalue weighted by atomic mass is 32.2. The number of carbonyl (C=O) groups excluding carboxylic acids is 1. The third kappa shape index (κ3) is 2.75. The molecule has 1 aromatic heterocycles. The van der Waals surface area contributed by atoms with E-state index in [2.05, 4.69) is 5.16 Å². The van der Waals surface area contributed by atoms with E-state index >= 15 is 0 Å². The molecule has 0 radical (unpaired) electrons. The zero-order valence-corrected chi connectivity index (χ0v) is 13.9. The van der Waals surface area contributed by atoms with Gasteiger partial charge in [0.1, 0.15) is 10.6 Å². The molecule has 9 heteroatoms. The minimum absolute atomic E-state index is 0.0436. The van der Waals surface area contributed by atoms with Crippen LogP contribution in [0, 0.1) is 25.7 Å². The number of hydrogen-bond acceptors (Lipinski definition) is 6. The zero-order valence-electron chi connectivity index (χ0n) is 13.1.